The molecule has 0 saturated carbocycles. The molecule has 2 atom stereocenters. The fourth-order valence-electron chi connectivity index (χ4n) is 0.761. The highest BCUT2D eigenvalue weighted by atomic mass is 16.4. The van der Waals surface area contributed by atoms with Gasteiger partial charge in [0.05, 0.1) is 18.6 Å². The third-order valence-electron chi connectivity index (χ3n) is 1.93. The van der Waals surface area contributed by atoms with Gasteiger partial charge in [-0.2, -0.15) is 0 Å². The van der Waals surface area contributed by atoms with E-state index in [1.54, 1.807) is 13.8 Å². The number of aliphatic hydroxyl groups is 1. The van der Waals surface area contributed by atoms with E-state index in [1.807, 2.05) is 0 Å². The molecule has 0 aliphatic carbocycles. The molecule has 82 valence electrons. The van der Waals surface area contributed by atoms with E-state index in [2.05, 4.69) is 11.1 Å². The van der Waals surface area contributed by atoms with Crippen LogP contribution in [0.25, 0.3) is 0 Å². The largest absolute Gasteiger partial charge is 0.548 e. The monoisotopic (exact) mass is 204 g/mol. The smallest absolute Gasteiger partial charge is 0.279 e. The zero-order valence-electron chi connectivity index (χ0n) is 8.32. The Balaban J connectivity index is 4.22. The van der Waals surface area contributed by atoms with Crippen LogP contribution in [0.1, 0.15) is 13.8 Å². The molecule has 0 aromatic heterocycles. The zero-order valence-corrected chi connectivity index (χ0v) is 8.32. The fraction of sp³-hybridized carbons (Fsp3) is 0.750. The van der Waals surface area contributed by atoms with E-state index < -0.39 is 30.6 Å². The van der Waals surface area contributed by atoms with Crippen molar-refractivity contribution in [1.82, 2.24) is 5.32 Å². The average Bonchev–Trinajstić information content (AvgIpc) is 2.11. The molecule has 14 heavy (non-hydrogen) atoms. The van der Waals surface area contributed by atoms with Crippen LogP contribution in [-0.4, -0.2) is 35.7 Å². The summed E-state index contributed by atoms with van der Waals surface area (Å²) in [5, 5.41) is 21.1. The van der Waals surface area contributed by atoms with Crippen molar-refractivity contribution in [1.29, 1.82) is 0 Å². The Bertz CT molecular complexity index is 217. The van der Waals surface area contributed by atoms with Crippen molar-refractivity contribution in [2.75, 3.05) is 6.61 Å². The summed E-state index contributed by atoms with van der Waals surface area (Å²) in [7, 11) is 0. The molecule has 0 aliphatic rings. The van der Waals surface area contributed by atoms with E-state index in [0.29, 0.717) is 0 Å². The molecule has 0 bridgehead atoms. The molecular weight excluding hydrogens is 188 g/mol. The summed E-state index contributed by atoms with van der Waals surface area (Å²) >= 11 is 0. The predicted molar refractivity (Wildman–Crippen MR) is 45.5 cm³/mol. The Hall–Kier alpha value is -1.14. The van der Waals surface area contributed by atoms with Gasteiger partial charge in [0.25, 0.3) is 5.91 Å². The molecule has 0 saturated heterocycles. The molecule has 0 aromatic rings. The molecule has 0 aromatic carbocycles. The topological polar surface area (TPSA) is 117 Å². The molecule has 0 radical (unpaired) electrons. The number of amides is 1. The Morgan fingerprint density at radius 3 is 2.29 bits per heavy atom. The molecule has 0 fully saturated rings. The van der Waals surface area contributed by atoms with Gasteiger partial charge in [0.15, 0.2) is 6.04 Å². The van der Waals surface area contributed by atoms with Crippen LogP contribution in [-0.2, 0) is 9.59 Å². The van der Waals surface area contributed by atoms with Gasteiger partial charge in [-0.25, -0.2) is 0 Å². The van der Waals surface area contributed by atoms with Gasteiger partial charge in [-0.05, 0) is 0 Å². The van der Waals surface area contributed by atoms with E-state index in [9.17, 15) is 14.7 Å². The second-order valence-corrected chi connectivity index (χ2v) is 3.41. The number of hydrogen-bond acceptors (Lipinski definition) is 4. The molecule has 6 nitrogen and oxygen atoms in total. The maximum absolute atomic E-state index is 11.3. The van der Waals surface area contributed by atoms with Crippen LogP contribution in [0.2, 0.25) is 0 Å². The second-order valence-electron chi connectivity index (χ2n) is 3.41. The first-order chi connectivity index (χ1) is 6.40. The SMILES string of the molecule is CC(C)[C@H]([NH3+])C(=O)N[C@H](CO)C(=O)[O-]. The van der Waals surface area contributed by atoms with E-state index >= 15 is 0 Å². The molecular formula is C8H16N2O4. The van der Waals surface area contributed by atoms with Crippen molar-refractivity contribution >= 4 is 11.9 Å². The van der Waals surface area contributed by atoms with Crippen molar-refractivity contribution in [3.05, 3.63) is 0 Å². The molecule has 5 N–H and O–H groups in total. The maximum Gasteiger partial charge on any atom is 0.279 e. The van der Waals surface area contributed by atoms with Gasteiger partial charge in [-0.3, -0.25) is 4.79 Å². The summed E-state index contributed by atoms with van der Waals surface area (Å²) in [6.45, 7) is 2.91. The lowest BCUT2D eigenvalue weighted by Gasteiger charge is -2.19. The number of carboxylic acids is 1. The van der Waals surface area contributed by atoms with Crippen LogP contribution in [0, 0.1) is 5.92 Å². The van der Waals surface area contributed by atoms with Crippen LogP contribution in [0.4, 0.5) is 0 Å². The number of aliphatic hydroxyl groups excluding tert-OH is 1. The minimum Gasteiger partial charge on any atom is -0.548 e. The Labute approximate surface area is 82.1 Å². The molecule has 0 spiro atoms. The van der Waals surface area contributed by atoms with E-state index in [0.717, 1.165) is 0 Å². The predicted octanol–water partition coefficient (Wildman–Crippen LogP) is -3.52. The summed E-state index contributed by atoms with van der Waals surface area (Å²) in [5.41, 5.74) is 3.58. The molecule has 0 heterocycles. The van der Waals surface area contributed by atoms with Gasteiger partial charge in [0, 0.05) is 5.92 Å². The van der Waals surface area contributed by atoms with Gasteiger partial charge in [0.1, 0.15) is 0 Å². The molecule has 6 heteroatoms. The normalized spacial score (nSPS) is 14.9. The molecule has 1 amide bonds. The first-order valence-corrected chi connectivity index (χ1v) is 4.35. The molecule has 0 unspecified atom stereocenters. The summed E-state index contributed by atoms with van der Waals surface area (Å²) in [4.78, 5) is 21.6. The maximum atomic E-state index is 11.3. The summed E-state index contributed by atoms with van der Waals surface area (Å²) in [6, 6.07) is -1.89. The van der Waals surface area contributed by atoms with Crippen LogP contribution in [0.3, 0.4) is 0 Å². The number of nitrogens with one attached hydrogen (secondary N) is 1. The number of carbonyl (C=O) groups excluding carboxylic acids is 2. The van der Waals surface area contributed by atoms with Crippen molar-refractivity contribution < 1.29 is 25.5 Å². The second kappa shape index (κ2) is 5.56. The average molecular weight is 204 g/mol. The highest BCUT2D eigenvalue weighted by molar-refractivity contribution is 5.85. The van der Waals surface area contributed by atoms with E-state index in [1.165, 1.54) is 0 Å². The molecule has 0 aliphatic heterocycles. The molecule has 0 rings (SSSR count). The van der Waals surface area contributed by atoms with Crippen LogP contribution in [0.15, 0.2) is 0 Å². The summed E-state index contributed by atoms with van der Waals surface area (Å²) in [6.07, 6.45) is 0. The first kappa shape index (κ1) is 12.9. The summed E-state index contributed by atoms with van der Waals surface area (Å²) < 4.78 is 0. The van der Waals surface area contributed by atoms with E-state index in [-0.39, 0.29) is 5.92 Å². The van der Waals surface area contributed by atoms with E-state index in [4.69, 9.17) is 5.11 Å². The summed E-state index contributed by atoms with van der Waals surface area (Å²) in [5.74, 6) is -1.99. The minimum absolute atomic E-state index is 0.0103. The van der Waals surface area contributed by atoms with Gasteiger partial charge in [0.2, 0.25) is 0 Å². The Morgan fingerprint density at radius 1 is 1.50 bits per heavy atom. The van der Waals surface area contributed by atoms with Crippen molar-refractivity contribution in [2.24, 2.45) is 5.92 Å². The quantitative estimate of drug-likeness (QED) is 0.430. The standard InChI is InChI=1S/C8H16N2O4/c1-4(2)6(9)7(12)10-5(3-11)8(13)14/h4-6,11H,3,9H2,1-2H3,(H,10,12)(H,13,14)/t5-,6+/m1/s1. The van der Waals surface area contributed by atoms with Crippen LogP contribution < -0.4 is 16.2 Å². The Morgan fingerprint density at radius 2 is 2.00 bits per heavy atom. The minimum atomic E-state index is -1.50. The number of carbonyl (C=O) groups is 2. The first-order valence-electron chi connectivity index (χ1n) is 4.35. The Kier molecular flexibility index (Phi) is 5.11. The van der Waals surface area contributed by atoms with Crippen LogP contribution >= 0.6 is 0 Å². The zero-order chi connectivity index (χ0) is 11.3. The lowest BCUT2D eigenvalue weighted by molar-refractivity contribution is -0.414. The number of hydrogen-bond donors (Lipinski definition) is 3. The van der Waals surface area contributed by atoms with Gasteiger partial charge in [-0.15, -0.1) is 0 Å². The van der Waals surface area contributed by atoms with Gasteiger partial charge in [-0.1, -0.05) is 13.8 Å². The third-order valence-corrected chi connectivity index (χ3v) is 1.93. The number of quaternary nitrogens is 1. The number of carboxylic acid groups (broad SMARTS) is 1. The highest BCUT2D eigenvalue weighted by Crippen LogP contribution is 1.96. The third kappa shape index (κ3) is 3.71. The highest BCUT2D eigenvalue weighted by Gasteiger charge is 2.23. The van der Waals surface area contributed by atoms with Crippen LogP contribution in [0.5, 0.6) is 0 Å². The van der Waals surface area contributed by atoms with Crippen molar-refractivity contribution in [3.8, 4) is 0 Å². The lowest BCUT2D eigenvalue weighted by Crippen LogP contribution is -2.71. The number of rotatable bonds is 5. The lowest BCUT2D eigenvalue weighted by atomic mass is 10.0. The van der Waals surface area contributed by atoms with Crippen molar-refractivity contribution in [2.45, 2.75) is 25.9 Å². The number of aliphatic carboxylic acids is 1. The fourth-order valence-corrected chi connectivity index (χ4v) is 0.761. The van der Waals surface area contributed by atoms with Crippen molar-refractivity contribution in [3.63, 3.8) is 0 Å². The van der Waals surface area contributed by atoms with Gasteiger partial charge < -0.3 is 26.1 Å². The van der Waals surface area contributed by atoms with Gasteiger partial charge >= 0.3 is 0 Å².